The molecule has 1 amide bonds. The highest BCUT2D eigenvalue weighted by Crippen LogP contribution is 2.36. The van der Waals surface area contributed by atoms with E-state index in [1.54, 1.807) is 11.8 Å². The van der Waals surface area contributed by atoms with Crippen LogP contribution < -0.4 is 5.56 Å². The fourth-order valence-electron chi connectivity index (χ4n) is 4.44. The molecular formula is C21H24N2O2S. The summed E-state index contributed by atoms with van der Waals surface area (Å²) in [5.74, 6) is 1.40. The van der Waals surface area contributed by atoms with Gasteiger partial charge in [-0.2, -0.15) is 11.8 Å². The number of fused-ring (bicyclic) bond motifs is 4. The highest BCUT2D eigenvalue weighted by molar-refractivity contribution is 7.99. The molecule has 0 saturated carbocycles. The molecule has 2 bridgehead atoms. The number of carbonyl (C=O) groups is 1. The monoisotopic (exact) mass is 368 g/mol. The number of pyridine rings is 1. The van der Waals surface area contributed by atoms with Crippen LogP contribution in [0.4, 0.5) is 0 Å². The van der Waals surface area contributed by atoms with E-state index in [1.807, 2.05) is 53.0 Å². The first-order chi connectivity index (χ1) is 12.6. The minimum atomic E-state index is 0.107. The van der Waals surface area contributed by atoms with Gasteiger partial charge in [-0.3, -0.25) is 9.59 Å². The van der Waals surface area contributed by atoms with E-state index >= 15 is 0 Å². The van der Waals surface area contributed by atoms with Crippen LogP contribution in [0.3, 0.4) is 0 Å². The Morgan fingerprint density at radius 1 is 1.12 bits per heavy atom. The Balaban J connectivity index is 1.70. The van der Waals surface area contributed by atoms with Crippen molar-refractivity contribution in [2.45, 2.75) is 25.8 Å². The molecule has 0 N–H and O–H groups in total. The molecular weight excluding hydrogens is 344 g/mol. The van der Waals surface area contributed by atoms with Crippen molar-refractivity contribution in [1.29, 1.82) is 0 Å². The number of nitrogens with zero attached hydrogens (tertiary/aromatic N) is 2. The van der Waals surface area contributed by atoms with Crippen LogP contribution in [0.2, 0.25) is 0 Å². The van der Waals surface area contributed by atoms with Gasteiger partial charge in [0.25, 0.3) is 5.56 Å². The van der Waals surface area contributed by atoms with E-state index in [0.717, 1.165) is 41.9 Å². The zero-order chi connectivity index (χ0) is 18.3. The molecule has 4 nitrogen and oxygen atoms in total. The van der Waals surface area contributed by atoms with Crippen molar-refractivity contribution >= 4 is 17.7 Å². The first kappa shape index (κ1) is 17.4. The third-order valence-electron chi connectivity index (χ3n) is 5.66. The van der Waals surface area contributed by atoms with Gasteiger partial charge in [-0.15, -0.1) is 0 Å². The van der Waals surface area contributed by atoms with E-state index in [-0.39, 0.29) is 17.4 Å². The summed E-state index contributed by atoms with van der Waals surface area (Å²) in [4.78, 5) is 27.5. The summed E-state index contributed by atoms with van der Waals surface area (Å²) in [6.45, 7) is 4.27. The van der Waals surface area contributed by atoms with Gasteiger partial charge in [0.1, 0.15) is 0 Å². The van der Waals surface area contributed by atoms with Crippen LogP contribution in [0.25, 0.3) is 11.1 Å². The summed E-state index contributed by atoms with van der Waals surface area (Å²) in [5, 5.41) is 0. The van der Waals surface area contributed by atoms with Crippen LogP contribution in [0.15, 0.2) is 41.2 Å². The van der Waals surface area contributed by atoms with E-state index in [4.69, 9.17) is 0 Å². The number of rotatable bonds is 3. The van der Waals surface area contributed by atoms with Crippen molar-refractivity contribution in [3.05, 3.63) is 58.0 Å². The minimum absolute atomic E-state index is 0.107. The van der Waals surface area contributed by atoms with Crippen molar-refractivity contribution in [2.24, 2.45) is 5.92 Å². The van der Waals surface area contributed by atoms with Gasteiger partial charge in [0.15, 0.2) is 0 Å². The molecule has 1 aromatic carbocycles. The van der Waals surface area contributed by atoms with Crippen molar-refractivity contribution < 1.29 is 4.79 Å². The largest absolute Gasteiger partial charge is 0.341 e. The molecule has 0 unspecified atom stereocenters. The summed E-state index contributed by atoms with van der Waals surface area (Å²) in [6, 6.07) is 12.1. The molecule has 2 aromatic rings. The maximum Gasteiger partial charge on any atom is 0.258 e. The molecule has 2 aliphatic heterocycles. The average Bonchev–Trinajstić information content (AvgIpc) is 2.63. The SMILES string of the molecule is CSCC(=O)N1C[C@H]2C[C@H](C1)c1ccc(-c3ccccc3C)c(=O)n1C2. The summed E-state index contributed by atoms with van der Waals surface area (Å²) in [7, 11) is 0. The number of carbonyl (C=O) groups excluding carboxylic acids is 1. The zero-order valence-electron chi connectivity index (χ0n) is 15.3. The topological polar surface area (TPSA) is 42.3 Å². The summed E-state index contributed by atoms with van der Waals surface area (Å²) < 4.78 is 1.97. The van der Waals surface area contributed by atoms with Gasteiger partial charge in [0.2, 0.25) is 5.91 Å². The molecule has 3 heterocycles. The summed E-state index contributed by atoms with van der Waals surface area (Å²) >= 11 is 1.57. The molecule has 136 valence electrons. The Bertz CT molecular complexity index is 905. The van der Waals surface area contributed by atoms with Crippen LogP contribution in [0.5, 0.6) is 0 Å². The van der Waals surface area contributed by atoms with Crippen molar-refractivity contribution in [3.8, 4) is 11.1 Å². The second kappa shape index (κ2) is 6.95. The van der Waals surface area contributed by atoms with Crippen LogP contribution >= 0.6 is 11.8 Å². The Hall–Kier alpha value is -2.01. The van der Waals surface area contributed by atoms with E-state index < -0.39 is 0 Å². The van der Waals surface area contributed by atoms with Crippen LogP contribution in [0.1, 0.15) is 23.6 Å². The lowest BCUT2D eigenvalue weighted by Crippen LogP contribution is -2.49. The molecule has 5 heteroatoms. The Labute approximate surface area is 158 Å². The second-order valence-electron chi connectivity index (χ2n) is 7.43. The van der Waals surface area contributed by atoms with Gasteiger partial charge >= 0.3 is 0 Å². The molecule has 1 aromatic heterocycles. The number of amides is 1. The standard InChI is InChI=1S/C21H24N2O2S/c1-14-5-3-4-6-17(14)18-7-8-19-16-9-15(11-23(19)21(18)25)10-22(12-16)20(24)13-26-2/h3-8,15-16H,9-13H2,1-2H3/t15-,16-/m1/s1. The molecule has 4 rings (SSSR count). The molecule has 1 saturated heterocycles. The number of benzene rings is 1. The molecule has 2 aliphatic rings. The molecule has 0 aliphatic carbocycles. The lowest BCUT2D eigenvalue weighted by Gasteiger charge is -2.43. The fourth-order valence-corrected chi connectivity index (χ4v) is 4.87. The van der Waals surface area contributed by atoms with Crippen LogP contribution in [0, 0.1) is 12.8 Å². The molecule has 26 heavy (non-hydrogen) atoms. The number of likely N-dealkylation sites (tertiary alicyclic amines) is 1. The molecule has 1 fully saturated rings. The van der Waals surface area contributed by atoms with Gasteiger partial charge in [-0.05, 0) is 48.8 Å². The Kier molecular flexibility index (Phi) is 4.65. The lowest BCUT2D eigenvalue weighted by atomic mass is 9.82. The number of hydrogen-bond acceptors (Lipinski definition) is 3. The van der Waals surface area contributed by atoms with Crippen molar-refractivity contribution in [2.75, 3.05) is 25.1 Å². The number of piperidine rings is 1. The zero-order valence-corrected chi connectivity index (χ0v) is 16.1. The second-order valence-corrected chi connectivity index (χ2v) is 8.30. The van der Waals surface area contributed by atoms with Gasteiger partial charge in [0.05, 0.1) is 5.75 Å². The third-order valence-corrected chi connectivity index (χ3v) is 6.20. The van der Waals surface area contributed by atoms with E-state index in [0.29, 0.717) is 18.2 Å². The highest BCUT2D eigenvalue weighted by atomic mass is 32.2. The van der Waals surface area contributed by atoms with E-state index in [1.165, 1.54) is 0 Å². The maximum atomic E-state index is 13.2. The number of thioether (sulfide) groups is 1. The lowest BCUT2D eigenvalue weighted by molar-refractivity contribution is -0.131. The van der Waals surface area contributed by atoms with Crippen molar-refractivity contribution in [3.63, 3.8) is 0 Å². The molecule has 2 atom stereocenters. The Morgan fingerprint density at radius 2 is 1.92 bits per heavy atom. The van der Waals surface area contributed by atoms with Gasteiger partial charge in [-0.1, -0.05) is 24.3 Å². The number of aromatic nitrogens is 1. The first-order valence-electron chi connectivity index (χ1n) is 9.15. The molecule has 0 radical (unpaired) electrons. The van der Waals surface area contributed by atoms with Gasteiger partial charge < -0.3 is 9.47 Å². The van der Waals surface area contributed by atoms with E-state index in [2.05, 4.69) is 6.07 Å². The first-order valence-corrected chi connectivity index (χ1v) is 10.5. The summed E-state index contributed by atoms with van der Waals surface area (Å²) in [5.41, 5.74) is 4.11. The predicted octanol–water partition coefficient (Wildman–Crippen LogP) is 3.13. The minimum Gasteiger partial charge on any atom is -0.341 e. The quantitative estimate of drug-likeness (QED) is 0.836. The normalized spacial score (nSPS) is 21.4. The van der Waals surface area contributed by atoms with Crippen LogP contribution in [-0.2, 0) is 11.3 Å². The third kappa shape index (κ3) is 2.98. The van der Waals surface area contributed by atoms with Gasteiger partial charge in [-0.25, -0.2) is 0 Å². The average molecular weight is 369 g/mol. The smallest absolute Gasteiger partial charge is 0.258 e. The predicted molar refractivity (Wildman–Crippen MR) is 107 cm³/mol. The maximum absolute atomic E-state index is 13.2. The molecule has 0 spiro atoms. The Morgan fingerprint density at radius 3 is 2.69 bits per heavy atom. The van der Waals surface area contributed by atoms with Gasteiger partial charge in [0, 0.05) is 36.8 Å². The summed E-state index contributed by atoms with van der Waals surface area (Å²) in [6.07, 6.45) is 3.04. The van der Waals surface area contributed by atoms with E-state index in [9.17, 15) is 9.59 Å². The number of aryl methyl sites for hydroxylation is 1. The number of hydrogen-bond donors (Lipinski definition) is 0. The van der Waals surface area contributed by atoms with Crippen molar-refractivity contribution in [1.82, 2.24) is 9.47 Å². The van der Waals surface area contributed by atoms with Crippen LogP contribution in [-0.4, -0.2) is 40.5 Å². The fraction of sp³-hybridized carbons (Fsp3) is 0.429. The highest BCUT2D eigenvalue weighted by Gasteiger charge is 2.36.